The second kappa shape index (κ2) is 6.10. The van der Waals surface area contributed by atoms with Crippen molar-refractivity contribution in [1.82, 2.24) is 10.2 Å². The van der Waals surface area contributed by atoms with Gasteiger partial charge in [-0.3, -0.25) is 4.90 Å². The van der Waals surface area contributed by atoms with Crippen LogP contribution in [0.3, 0.4) is 0 Å². The van der Waals surface area contributed by atoms with Crippen molar-refractivity contribution in [3.05, 3.63) is 35.9 Å². The van der Waals surface area contributed by atoms with Crippen molar-refractivity contribution >= 4 is 0 Å². The molecule has 1 fully saturated rings. The van der Waals surface area contributed by atoms with Crippen molar-refractivity contribution in [2.24, 2.45) is 5.41 Å². The summed E-state index contributed by atoms with van der Waals surface area (Å²) < 4.78 is 0. The molecule has 0 bridgehead atoms. The van der Waals surface area contributed by atoms with Gasteiger partial charge in [0, 0.05) is 25.2 Å². The number of rotatable bonds is 3. The third-order valence-corrected chi connectivity index (χ3v) is 5.33. The molecule has 1 aliphatic heterocycles. The maximum Gasteiger partial charge on any atom is 0.0535 e. The fraction of sp³-hybridized carbons (Fsp3) is 0.684. The molecule has 21 heavy (non-hydrogen) atoms. The zero-order valence-electron chi connectivity index (χ0n) is 14.6. The second-order valence-electron chi connectivity index (χ2n) is 7.86. The van der Waals surface area contributed by atoms with Crippen molar-refractivity contribution in [1.29, 1.82) is 0 Å². The Kier molecular flexibility index (Phi) is 4.79. The molecule has 0 aliphatic carbocycles. The summed E-state index contributed by atoms with van der Waals surface area (Å²) in [6.45, 7) is 16.2. The molecule has 2 rings (SSSR count). The lowest BCUT2D eigenvalue weighted by Gasteiger charge is -2.51. The van der Waals surface area contributed by atoms with Crippen LogP contribution >= 0.6 is 0 Å². The fourth-order valence-corrected chi connectivity index (χ4v) is 3.34. The van der Waals surface area contributed by atoms with E-state index >= 15 is 0 Å². The summed E-state index contributed by atoms with van der Waals surface area (Å²) in [5, 5.41) is 3.81. The molecule has 0 radical (unpaired) electrons. The highest BCUT2D eigenvalue weighted by Crippen LogP contribution is 2.33. The van der Waals surface area contributed by atoms with Crippen LogP contribution in [0, 0.1) is 5.41 Å². The van der Waals surface area contributed by atoms with Gasteiger partial charge in [-0.1, -0.05) is 58.0 Å². The Morgan fingerprint density at radius 1 is 1.29 bits per heavy atom. The van der Waals surface area contributed by atoms with Crippen LogP contribution in [0.5, 0.6) is 0 Å². The lowest BCUT2D eigenvalue weighted by atomic mass is 9.81. The molecule has 1 aromatic rings. The molecule has 0 amide bonds. The molecule has 3 atom stereocenters. The Morgan fingerprint density at radius 2 is 1.90 bits per heavy atom. The van der Waals surface area contributed by atoms with Gasteiger partial charge in [-0.25, -0.2) is 0 Å². The average molecular weight is 288 g/mol. The van der Waals surface area contributed by atoms with Crippen LogP contribution in [0.4, 0.5) is 0 Å². The van der Waals surface area contributed by atoms with E-state index in [0.29, 0.717) is 17.5 Å². The van der Waals surface area contributed by atoms with E-state index in [1.54, 1.807) is 0 Å². The zero-order valence-corrected chi connectivity index (χ0v) is 14.6. The summed E-state index contributed by atoms with van der Waals surface area (Å²) in [6.07, 6.45) is 1.21. The number of hydrogen-bond acceptors (Lipinski definition) is 2. The number of nitrogens with zero attached hydrogens (tertiary/aromatic N) is 1. The van der Waals surface area contributed by atoms with Gasteiger partial charge in [-0.2, -0.15) is 0 Å². The standard InChI is InChI=1S/C19H32N2/c1-7-17-13-20-19(6,16-11-9-8-10-12-16)14-21(17)15(2)18(3,4)5/h8-12,15,17,20H,7,13-14H2,1-6H3. The van der Waals surface area contributed by atoms with Gasteiger partial charge in [-0.15, -0.1) is 0 Å². The SMILES string of the molecule is CCC1CNC(C)(c2ccccc2)CN1C(C)C(C)(C)C. The quantitative estimate of drug-likeness (QED) is 0.903. The Hall–Kier alpha value is -0.860. The van der Waals surface area contributed by atoms with Gasteiger partial charge in [0.1, 0.15) is 0 Å². The summed E-state index contributed by atoms with van der Waals surface area (Å²) in [4.78, 5) is 2.73. The monoisotopic (exact) mass is 288 g/mol. The molecule has 1 aromatic carbocycles. The second-order valence-corrected chi connectivity index (χ2v) is 7.86. The maximum atomic E-state index is 3.81. The van der Waals surface area contributed by atoms with Crippen molar-refractivity contribution in [2.45, 2.75) is 65.6 Å². The van der Waals surface area contributed by atoms with Gasteiger partial charge >= 0.3 is 0 Å². The molecule has 0 aromatic heterocycles. The highest BCUT2D eigenvalue weighted by Gasteiger charge is 2.40. The van der Waals surface area contributed by atoms with Crippen LogP contribution in [0.2, 0.25) is 0 Å². The third-order valence-electron chi connectivity index (χ3n) is 5.33. The van der Waals surface area contributed by atoms with E-state index in [4.69, 9.17) is 0 Å². The van der Waals surface area contributed by atoms with Crippen LogP contribution in [0.1, 0.15) is 53.5 Å². The predicted octanol–water partition coefficient (Wildman–Crippen LogP) is 4.02. The van der Waals surface area contributed by atoms with Crippen molar-refractivity contribution in [3.8, 4) is 0 Å². The van der Waals surface area contributed by atoms with Gasteiger partial charge in [0.15, 0.2) is 0 Å². The molecule has 1 N–H and O–H groups in total. The first-order valence-corrected chi connectivity index (χ1v) is 8.34. The first-order chi connectivity index (χ1) is 9.78. The minimum Gasteiger partial charge on any atom is -0.305 e. The van der Waals surface area contributed by atoms with E-state index in [9.17, 15) is 0 Å². The van der Waals surface area contributed by atoms with Crippen LogP contribution < -0.4 is 5.32 Å². The molecule has 1 saturated heterocycles. The normalized spacial score (nSPS) is 29.3. The highest BCUT2D eigenvalue weighted by molar-refractivity contribution is 5.25. The van der Waals surface area contributed by atoms with Gasteiger partial charge in [0.2, 0.25) is 0 Å². The largest absolute Gasteiger partial charge is 0.305 e. The van der Waals surface area contributed by atoms with Crippen molar-refractivity contribution in [3.63, 3.8) is 0 Å². The fourth-order valence-electron chi connectivity index (χ4n) is 3.34. The van der Waals surface area contributed by atoms with Crippen LogP contribution in [0.25, 0.3) is 0 Å². The average Bonchev–Trinajstić information content (AvgIpc) is 2.46. The van der Waals surface area contributed by atoms with Crippen LogP contribution in [-0.2, 0) is 5.54 Å². The van der Waals surface area contributed by atoms with Crippen molar-refractivity contribution in [2.75, 3.05) is 13.1 Å². The number of piperazine rings is 1. The van der Waals surface area contributed by atoms with E-state index in [1.807, 2.05) is 0 Å². The number of hydrogen-bond donors (Lipinski definition) is 1. The van der Waals surface area contributed by atoms with E-state index in [-0.39, 0.29) is 5.54 Å². The molecule has 118 valence electrons. The smallest absolute Gasteiger partial charge is 0.0535 e. The Balaban J connectivity index is 2.26. The van der Waals surface area contributed by atoms with Gasteiger partial charge < -0.3 is 5.32 Å². The molecule has 3 unspecified atom stereocenters. The molecule has 0 saturated carbocycles. The molecule has 2 nitrogen and oxygen atoms in total. The molecule has 1 heterocycles. The van der Waals surface area contributed by atoms with Crippen LogP contribution in [-0.4, -0.2) is 30.1 Å². The molecule has 0 spiro atoms. The van der Waals surface area contributed by atoms with E-state index in [0.717, 1.165) is 13.1 Å². The first-order valence-electron chi connectivity index (χ1n) is 8.34. The van der Waals surface area contributed by atoms with Gasteiger partial charge in [-0.05, 0) is 31.2 Å². The predicted molar refractivity (Wildman–Crippen MR) is 91.5 cm³/mol. The Morgan fingerprint density at radius 3 is 2.43 bits per heavy atom. The summed E-state index contributed by atoms with van der Waals surface area (Å²) in [6, 6.07) is 12.1. The minimum atomic E-state index is 0.0481. The molecule has 2 heteroatoms. The Labute approximate surface area is 130 Å². The summed E-state index contributed by atoms with van der Waals surface area (Å²) in [5.74, 6) is 0. The first kappa shape index (κ1) is 16.5. The molecule has 1 aliphatic rings. The van der Waals surface area contributed by atoms with Crippen LogP contribution in [0.15, 0.2) is 30.3 Å². The highest BCUT2D eigenvalue weighted by atomic mass is 15.3. The summed E-state index contributed by atoms with van der Waals surface area (Å²) >= 11 is 0. The van der Waals surface area contributed by atoms with E-state index in [2.05, 4.69) is 82.1 Å². The minimum absolute atomic E-state index is 0.0481. The molecular weight excluding hydrogens is 256 g/mol. The van der Waals surface area contributed by atoms with E-state index < -0.39 is 0 Å². The molecular formula is C19H32N2. The third kappa shape index (κ3) is 3.49. The van der Waals surface area contributed by atoms with E-state index in [1.165, 1.54) is 12.0 Å². The Bertz CT molecular complexity index is 448. The number of nitrogens with one attached hydrogen (secondary N) is 1. The summed E-state index contributed by atoms with van der Waals surface area (Å²) in [7, 11) is 0. The lowest BCUT2D eigenvalue weighted by molar-refractivity contribution is 0.00840. The summed E-state index contributed by atoms with van der Waals surface area (Å²) in [5.41, 5.74) is 1.75. The lowest BCUT2D eigenvalue weighted by Crippen LogP contribution is -2.64. The van der Waals surface area contributed by atoms with Gasteiger partial charge in [0.25, 0.3) is 0 Å². The van der Waals surface area contributed by atoms with Gasteiger partial charge in [0.05, 0.1) is 5.54 Å². The zero-order chi connectivity index (χ0) is 15.7. The van der Waals surface area contributed by atoms with Crippen molar-refractivity contribution < 1.29 is 0 Å². The topological polar surface area (TPSA) is 15.3 Å². The number of benzene rings is 1. The maximum absolute atomic E-state index is 3.81.